The third-order valence-corrected chi connectivity index (χ3v) is 4.01. The van der Waals surface area contributed by atoms with Gasteiger partial charge in [-0.15, -0.1) is 0 Å². The number of allylic oxidation sites excluding steroid dienone is 1. The maximum absolute atomic E-state index is 11.1. The summed E-state index contributed by atoms with van der Waals surface area (Å²) in [6, 6.07) is 8.45. The molecule has 1 aliphatic rings. The Morgan fingerprint density at radius 1 is 1.25 bits per heavy atom. The van der Waals surface area contributed by atoms with Crippen molar-refractivity contribution in [1.82, 2.24) is 0 Å². The number of aliphatic carboxylic acids is 1. The van der Waals surface area contributed by atoms with Crippen LogP contribution in [0.2, 0.25) is 0 Å². The molecular weight excluding hydrogens is 248 g/mol. The van der Waals surface area contributed by atoms with E-state index in [2.05, 4.69) is 38.1 Å². The molecule has 1 fully saturated rings. The van der Waals surface area contributed by atoms with E-state index in [1.807, 2.05) is 0 Å². The van der Waals surface area contributed by atoms with Crippen LogP contribution >= 0.6 is 0 Å². The molecule has 1 N–H and O–H groups in total. The lowest BCUT2D eigenvalue weighted by atomic mass is 9.89. The summed E-state index contributed by atoms with van der Waals surface area (Å²) in [6.07, 6.45) is 7.15. The van der Waals surface area contributed by atoms with E-state index in [0.717, 1.165) is 30.4 Å². The van der Waals surface area contributed by atoms with Gasteiger partial charge in [0, 0.05) is 6.08 Å². The van der Waals surface area contributed by atoms with Gasteiger partial charge in [0.05, 0.1) is 0 Å². The van der Waals surface area contributed by atoms with Crippen molar-refractivity contribution < 1.29 is 9.90 Å². The molecule has 0 saturated heterocycles. The first-order chi connectivity index (χ1) is 9.56. The Morgan fingerprint density at radius 3 is 2.35 bits per heavy atom. The summed E-state index contributed by atoms with van der Waals surface area (Å²) in [5.74, 6) is 0.227. The molecule has 0 unspecified atom stereocenters. The molecule has 1 aliphatic carbocycles. The first-order valence-electron chi connectivity index (χ1n) is 7.60. The van der Waals surface area contributed by atoms with E-state index < -0.39 is 5.97 Å². The lowest BCUT2D eigenvalue weighted by Crippen LogP contribution is -2.02. The average Bonchev–Trinajstić information content (AvgIpc) is 2.90. The summed E-state index contributed by atoms with van der Waals surface area (Å²) in [6.45, 7) is 4.42. The predicted molar refractivity (Wildman–Crippen MR) is 82.6 cm³/mol. The second kappa shape index (κ2) is 6.74. The summed E-state index contributed by atoms with van der Waals surface area (Å²) in [7, 11) is 0. The van der Waals surface area contributed by atoms with Crippen LogP contribution in [0.15, 0.2) is 30.3 Å². The van der Waals surface area contributed by atoms with Crippen molar-refractivity contribution in [3.63, 3.8) is 0 Å². The zero-order chi connectivity index (χ0) is 14.5. The van der Waals surface area contributed by atoms with Crippen molar-refractivity contribution in [2.24, 2.45) is 11.8 Å². The molecule has 20 heavy (non-hydrogen) atoms. The molecule has 0 heterocycles. The van der Waals surface area contributed by atoms with Gasteiger partial charge in [-0.3, -0.25) is 0 Å². The Balaban J connectivity index is 2.22. The van der Waals surface area contributed by atoms with Crippen LogP contribution in [0.5, 0.6) is 0 Å². The SMILES string of the molecule is CC(C)Cc1ccc(/C(=C/C(=O)O)C2CCCC2)cc1. The summed E-state index contributed by atoms with van der Waals surface area (Å²) in [4.78, 5) is 11.1. The van der Waals surface area contributed by atoms with Crippen LogP contribution in [-0.2, 0) is 11.2 Å². The van der Waals surface area contributed by atoms with Crippen LogP contribution in [0.1, 0.15) is 50.7 Å². The van der Waals surface area contributed by atoms with Crippen molar-refractivity contribution in [2.45, 2.75) is 46.0 Å². The van der Waals surface area contributed by atoms with Crippen LogP contribution in [0.3, 0.4) is 0 Å². The highest BCUT2D eigenvalue weighted by Crippen LogP contribution is 2.36. The minimum atomic E-state index is -0.835. The highest BCUT2D eigenvalue weighted by atomic mass is 16.4. The van der Waals surface area contributed by atoms with Crippen molar-refractivity contribution in [3.05, 3.63) is 41.5 Å². The molecule has 0 aliphatic heterocycles. The Labute approximate surface area is 121 Å². The fraction of sp³-hybridized carbons (Fsp3) is 0.500. The molecule has 0 radical (unpaired) electrons. The average molecular weight is 272 g/mol. The molecule has 0 aromatic heterocycles. The first-order valence-corrected chi connectivity index (χ1v) is 7.60. The number of carboxylic acids is 1. The fourth-order valence-electron chi connectivity index (χ4n) is 3.11. The smallest absolute Gasteiger partial charge is 0.328 e. The second-order valence-electron chi connectivity index (χ2n) is 6.21. The molecule has 108 valence electrons. The maximum Gasteiger partial charge on any atom is 0.328 e. The van der Waals surface area contributed by atoms with Crippen LogP contribution < -0.4 is 0 Å². The number of rotatable bonds is 5. The van der Waals surface area contributed by atoms with Crippen molar-refractivity contribution in [2.75, 3.05) is 0 Å². The minimum absolute atomic E-state index is 0.419. The van der Waals surface area contributed by atoms with Gasteiger partial charge in [-0.1, -0.05) is 51.0 Å². The zero-order valence-corrected chi connectivity index (χ0v) is 12.4. The Bertz CT molecular complexity index is 477. The summed E-state index contributed by atoms with van der Waals surface area (Å²) in [5.41, 5.74) is 3.41. The van der Waals surface area contributed by atoms with Gasteiger partial charge in [-0.25, -0.2) is 4.79 Å². The number of carboxylic acid groups (broad SMARTS) is 1. The third-order valence-electron chi connectivity index (χ3n) is 4.01. The monoisotopic (exact) mass is 272 g/mol. The molecule has 0 atom stereocenters. The topological polar surface area (TPSA) is 37.3 Å². The summed E-state index contributed by atoms with van der Waals surface area (Å²) in [5, 5.41) is 9.10. The van der Waals surface area contributed by atoms with Crippen LogP contribution in [0.25, 0.3) is 5.57 Å². The van der Waals surface area contributed by atoms with E-state index in [1.54, 1.807) is 0 Å². The molecular formula is C18H24O2. The van der Waals surface area contributed by atoms with E-state index in [1.165, 1.54) is 24.5 Å². The van der Waals surface area contributed by atoms with Gasteiger partial charge in [0.2, 0.25) is 0 Å². The maximum atomic E-state index is 11.1. The van der Waals surface area contributed by atoms with E-state index in [4.69, 9.17) is 5.11 Å². The molecule has 0 spiro atoms. The fourth-order valence-corrected chi connectivity index (χ4v) is 3.11. The van der Waals surface area contributed by atoms with Crippen LogP contribution in [0.4, 0.5) is 0 Å². The Kier molecular flexibility index (Phi) is 4.99. The van der Waals surface area contributed by atoms with E-state index >= 15 is 0 Å². The third kappa shape index (κ3) is 3.96. The molecule has 2 heteroatoms. The first kappa shape index (κ1) is 14.8. The molecule has 2 rings (SSSR count). The number of hydrogen-bond donors (Lipinski definition) is 1. The van der Waals surface area contributed by atoms with Crippen molar-refractivity contribution in [3.8, 4) is 0 Å². The molecule has 1 aromatic carbocycles. The highest BCUT2D eigenvalue weighted by Gasteiger charge is 2.21. The second-order valence-corrected chi connectivity index (χ2v) is 6.21. The van der Waals surface area contributed by atoms with E-state index in [0.29, 0.717) is 11.8 Å². The zero-order valence-electron chi connectivity index (χ0n) is 12.4. The predicted octanol–water partition coefficient (Wildman–Crippen LogP) is 4.54. The molecule has 1 saturated carbocycles. The van der Waals surface area contributed by atoms with Crippen molar-refractivity contribution in [1.29, 1.82) is 0 Å². The van der Waals surface area contributed by atoms with Gasteiger partial charge < -0.3 is 5.11 Å². The minimum Gasteiger partial charge on any atom is -0.478 e. The van der Waals surface area contributed by atoms with Gasteiger partial charge >= 0.3 is 5.97 Å². The Hall–Kier alpha value is -1.57. The van der Waals surface area contributed by atoms with Gasteiger partial charge in [-0.05, 0) is 47.8 Å². The summed E-state index contributed by atoms with van der Waals surface area (Å²) < 4.78 is 0. The van der Waals surface area contributed by atoms with Gasteiger partial charge in [0.1, 0.15) is 0 Å². The van der Waals surface area contributed by atoms with E-state index in [9.17, 15) is 4.79 Å². The normalized spacial score (nSPS) is 16.9. The largest absolute Gasteiger partial charge is 0.478 e. The number of hydrogen-bond acceptors (Lipinski definition) is 1. The quantitative estimate of drug-likeness (QED) is 0.799. The van der Waals surface area contributed by atoms with Crippen molar-refractivity contribution >= 4 is 11.5 Å². The summed E-state index contributed by atoms with van der Waals surface area (Å²) >= 11 is 0. The number of carbonyl (C=O) groups is 1. The molecule has 1 aromatic rings. The van der Waals surface area contributed by atoms with Gasteiger partial charge in [0.15, 0.2) is 0 Å². The number of benzene rings is 1. The lowest BCUT2D eigenvalue weighted by molar-refractivity contribution is -0.131. The molecule has 2 nitrogen and oxygen atoms in total. The highest BCUT2D eigenvalue weighted by molar-refractivity contribution is 5.90. The van der Waals surface area contributed by atoms with Gasteiger partial charge in [-0.2, -0.15) is 0 Å². The molecule has 0 bridgehead atoms. The molecule has 0 amide bonds. The van der Waals surface area contributed by atoms with Crippen LogP contribution in [-0.4, -0.2) is 11.1 Å². The van der Waals surface area contributed by atoms with E-state index in [-0.39, 0.29) is 0 Å². The Morgan fingerprint density at radius 2 is 1.85 bits per heavy atom. The van der Waals surface area contributed by atoms with Gasteiger partial charge in [0.25, 0.3) is 0 Å². The standard InChI is InChI=1S/C18H24O2/c1-13(2)11-14-7-9-16(10-8-14)17(12-18(19)20)15-5-3-4-6-15/h7-10,12-13,15H,3-6,11H2,1-2H3,(H,19,20)/b17-12+. The lowest BCUT2D eigenvalue weighted by Gasteiger charge is -2.15. The van der Waals surface area contributed by atoms with Crippen LogP contribution in [0, 0.1) is 11.8 Å².